The quantitative estimate of drug-likeness (QED) is 0.917. The van der Waals surface area contributed by atoms with Crippen LogP contribution >= 0.6 is 11.6 Å². The summed E-state index contributed by atoms with van der Waals surface area (Å²) in [6, 6.07) is 6.83. The lowest BCUT2D eigenvalue weighted by atomic mass is 9.91. The zero-order valence-corrected chi connectivity index (χ0v) is 13.0. The third-order valence-corrected chi connectivity index (χ3v) is 5.24. The fourth-order valence-electron chi connectivity index (χ4n) is 3.82. The van der Waals surface area contributed by atoms with Crippen LogP contribution in [-0.2, 0) is 11.2 Å². The number of fused-ring (bicyclic) bond motifs is 1. The standard InChI is InChI=1S/C17H22ClNO2/c18-14-3-4-15-13(11-14)2-5-16(15)19-9-7-12(8-10-19)1-6-17(20)21/h3-4,11-12,16H,1-2,5-10H2,(H,20,21). The Morgan fingerprint density at radius 1 is 1.29 bits per heavy atom. The maximum absolute atomic E-state index is 10.7. The second kappa shape index (κ2) is 6.37. The molecule has 0 bridgehead atoms. The SMILES string of the molecule is O=C(O)CCC1CCN(C2CCc3cc(Cl)ccc32)CC1. The van der Waals surface area contributed by atoms with E-state index in [1.807, 2.05) is 6.07 Å². The van der Waals surface area contributed by atoms with Crippen molar-refractivity contribution in [2.45, 2.75) is 44.6 Å². The van der Waals surface area contributed by atoms with Gasteiger partial charge in [-0.3, -0.25) is 9.69 Å². The Hall–Kier alpha value is -1.06. The molecule has 114 valence electrons. The molecule has 1 aliphatic heterocycles. The lowest BCUT2D eigenvalue weighted by molar-refractivity contribution is -0.137. The number of hydrogen-bond acceptors (Lipinski definition) is 2. The highest BCUT2D eigenvalue weighted by atomic mass is 35.5. The van der Waals surface area contributed by atoms with Gasteiger partial charge < -0.3 is 5.11 Å². The molecule has 1 aromatic rings. The molecule has 0 aromatic heterocycles. The monoisotopic (exact) mass is 307 g/mol. The zero-order valence-electron chi connectivity index (χ0n) is 12.2. The second-order valence-corrected chi connectivity index (χ2v) is 6.75. The molecule has 0 radical (unpaired) electrons. The van der Waals surface area contributed by atoms with Gasteiger partial charge in [0.15, 0.2) is 0 Å². The third-order valence-electron chi connectivity index (χ3n) is 5.01. The first-order valence-corrected chi connectivity index (χ1v) is 8.25. The molecule has 3 nitrogen and oxygen atoms in total. The van der Waals surface area contributed by atoms with Gasteiger partial charge >= 0.3 is 5.97 Å². The summed E-state index contributed by atoms with van der Waals surface area (Å²) in [7, 11) is 0. The molecule has 1 saturated heterocycles. The topological polar surface area (TPSA) is 40.5 Å². The van der Waals surface area contributed by atoms with Gasteiger partial charge in [-0.05, 0) is 74.4 Å². The van der Waals surface area contributed by atoms with E-state index >= 15 is 0 Å². The van der Waals surface area contributed by atoms with Crippen molar-refractivity contribution >= 4 is 17.6 Å². The highest BCUT2D eigenvalue weighted by Crippen LogP contribution is 2.39. The number of hydrogen-bond donors (Lipinski definition) is 1. The van der Waals surface area contributed by atoms with Gasteiger partial charge in [0.2, 0.25) is 0 Å². The molecule has 0 spiro atoms. The minimum atomic E-state index is -0.668. The van der Waals surface area contributed by atoms with Crippen molar-refractivity contribution in [3.05, 3.63) is 34.3 Å². The average Bonchev–Trinajstić information content (AvgIpc) is 2.88. The molecule has 1 aromatic carbocycles. The summed E-state index contributed by atoms with van der Waals surface area (Å²) < 4.78 is 0. The van der Waals surface area contributed by atoms with Crippen LogP contribution in [0.15, 0.2) is 18.2 Å². The summed E-state index contributed by atoms with van der Waals surface area (Å²) in [6.45, 7) is 2.19. The molecule has 1 N–H and O–H groups in total. The van der Waals surface area contributed by atoms with Crippen molar-refractivity contribution in [1.29, 1.82) is 0 Å². The molecular formula is C17H22ClNO2. The van der Waals surface area contributed by atoms with E-state index in [4.69, 9.17) is 16.7 Å². The number of halogens is 1. The summed E-state index contributed by atoms with van der Waals surface area (Å²) in [5.74, 6) is -0.0810. The van der Waals surface area contributed by atoms with Crippen molar-refractivity contribution in [3.63, 3.8) is 0 Å². The van der Waals surface area contributed by atoms with Crippen LogP contribution in [0.3, 0.4) is 0 Å². The number of benzene rings is 1. The van der Waals surface area contributed by atoms with E-state index in [0.717, 1.165) is 43.8 Å². The van der Waals surface area contributed by atoms with E-state index in [9.17, 15) is 4.79 Å². The molecule has 0 amide bonds. The van der Waals surface area contributed by atoms with Crippen LogP contribution in [0, 0.1) is 5.92 Å². The first kappa shape index (κ1) is 14.9. The number of nitrogens with zero attached hydrogens (tertiary/aromatic N) is 1. The lowest BCUT2D eigenvalue weighted by Gasteiger charge is -2.36. The van der Waals surface area contributed by atoms with Crippen LogP contribution in [-0.4, -0.2) is 29.1 Å². The summed E-state index contributed by atoms with van der Waals surface area (Å²) in [5, 5.41) is 9.61. The van der Waals surface area contributed by atoms with Gasteiger partial charge in [0.05, 0.1) is 0 Å². The van der Waals surface area contributed by atoms with Crippen molar-refractivity contribution < 1.29 is 9.90 Å². The van der Waals surface area contributed by atoms with E-state index in [0.29, 0.717) is 18.4 Å². The summed E-state index contributed by atoms with van der Waals surface area (Å²) in [6.07, 6.45) is 5.73. The smallest absolute Gasteiger partial charge is 0.303 e. The van der Waals surface area contributed by atoms with Gasteiger partial charge in [0, 0.05) is 17.5 Å². The highest BCUT2D eigenvalue weighted by molar-refractivity contribution is 6.30. The largest absolute Gasteiger partial charge is 0.481 e. The zero-order chi connectivity index (χ0) is 14.8. The number of rotatable bonds is 4. The fourth-order valence-corrected chi connectivity index (χ4v) is 4.02. The van der Waals surface area contributed by atoms with Gasteiger partial charge in [-0.1, -0.05) is 17.7 Å². The summed E-state index contributed by atoms with van der Waals surface area (Å²) in [5.41, 5.74) is 2.85. The summed E-state index contributed by atoms with van der Waals surface area (Å²) >= 11 is 6.07. The van der Waals surface area contributed by atoms with Gasteiger partial charge in [0.1, 0.15) is 0 Å². The number of carboxylic acids is 1. The van der Waals surface area contributed by atoms with Crippen LogP contribution in [0.1, 0.15) is 49.3 Å². The molecule has 21 heavy (non-hydrogen) atoms. The molecule has 1 unspecified atom stereocenters. The van der Waals surface area contributed by atoms with Crippen molar-refractivity contribution in [3.8, 4) is 0 Å². The van der Waals surface area contributed by atoms with Crippen molar-refractivity contribution in [2.24, 2.45) is 5.92 Å². The van der Waals surface area contributed by atoms with E-state index < -0.39 is 5.97 Å². The van der Waals surface area contributed by atoms with Crippen LogP contribution in [0.5, 0.6) is 0 Å². The van der Waals surface area contributed by atoms with Gasteiger partial charge in [-0.25, -0.2) is 0 Å². The van der Waals surface area contributed by atoms with Crippen molar-refractivity contribution in [1.82, 2.24) is 4.90 Å². The van der Waals surface area contributed by atoms with E-state index in [2.05, 4.69) is 17.0 Å². The molecule has 1 aliphatic carbocycles. The Labute approximate surface area is 130 Å². The molecule has 4 heteroatoms. The predicted octanol–water partition coefficient (Wildman–Crippen LogP) is 3.90. The maximum atomic E-state index is 10.7. The Kier molecular flexibility index (Phi) is 4.51. The van der Waals surface area contributed by atoms with Gasteiger partial charge in [-0.15, -0.1) is 0 Å². The average molecular weight is 308 g/mol. The lowest BCUT2D eigenvalue weighted by Crippen LogP contribution is -2.36. The van der Waals surface area contributed by atoms with Gasteiger partial charge in [0.25, 0.3) is 0 Å². The first-order chi connectivity index (χ1) is 10.1. The Bertz CT molecular complexity index is 524. The minimum Gasteiger partial charge on any atom is -0.481 e. The fraction of sp³-hybridized carbons (Fsp3) is 0.588. The van der Waals surface area contributed by atoms with Gasteiger partial charge in [-0.2, -0.15) is 0 Å². The molecule has 1 fully saturated rings. The number of likely N-dealkylation sites (tertiary alicyclic amines) is 1. The van der Waals surface area contributed by atoms with Crippen LogP contribution < -0.4 is 0 Å². The number of aryl methyl sites for hydroxylation is 1. The number of carbonyl (C=O) groups is 1. The first-order valence-electron chi connectivity index (χ1n) is 7.87. The molecule has 0 saturated carbocycles. The Morgan fingerprint density at radius 2 is 2.05 bits per heavy atom. The Morgan fingerprint density at radius 3 is 2.76 bits per heavy atom. The number of aliphatic carboxylic acids is 1. The minimum absolute atomic E-state index is 0.315. The van der Waals surface area contributed by atoms with E-state index in [1.54, 1.807) is 0 Å². The maximum Gasteiger partial charge on any atom is 0.303 e. The summed E-state index contributed by atoms with van der Waals surface area (Å²) in [4.78, 5) is 13.2. The molecular weight excluding hydrogens is 286 g/mol. The second-order valence-electron chi connectivity index (χ2n) is 6.31. The highest BCUT2D eigenvalue weighted by Gasteiger charge is 2.30. The van der Waals surface area contributed by atoms with Crippen LogP contribution in [0.2, 0.25) is 5.02 Å². The van der Waals surface area contributed by atoms with E-state index in [-0.39, 0.29) is 0 Å². The van der Waals surface area contributed by atoms with Crippen LogP contribution in [0.25, 0.3) is 0 Å². The van der Waals surface area contributed by atoms with E-state index in [1.165, 1.54) is 17.5 Å². The molecule has 2 aliphatic rings. The molecule has 1 atom stereocenters. The number of piperidine rings is 1. The number of carboxylic acid groups (broad SMARTS) is 1. The predicted molar refractivity (Wildman–Crippen MR) is 83.7 cm³/mol. The molecule has 1 heterocycles. The molecule has 3 rings (SSSR count). The third kappa shape index (κ3) is 3.41. The van der Waals surface area contributed by atoms with Crippen LogP contribution in [0.4, 0.5) is 0 Å². The normalized spacial score (nSPS) is 23.2. The Balaban J connectivity index is 1.58. The van der Waals surface area contributed by atoms with Crippen molar-refractivity contribution in [2.75, 3.05) is 13.1 Å².